The Morgan fingerprint density at radius 1 is 1.00 bits per heavy atom. The zero-order chi connectivity index (χ0) is 19.3. The molecule has 0 saturated heterocycles. The van der Waals surface area contributed by atoms with Gasteiger partial charge in [0.2, 0.25) is 10.0 Å². The molecule has 6 nitrogen and oxygen atoms in total. The van der Waals surface area contributed by atoms with E-state index in [1.165, 1.54) is 6.07 Å². The predicted octanol–water partition coefficient (Wildman–Crippen LogP) is 2.90. The predicted molar refractivity (Wildman–Crippen MR) is 104 cm³/mol. The number of thiophene rings is 1. The fourth-order valence-corrected chi connectivity index (χ4v) is 4.03. The number of hydrogen-bond donors (Lipinski definition) is 2. The summed E-state index contributed by atoms with van der Waals surface area (Å²) < 4.78 is 28.3. The van der Waals surface area contributed by atoms with Gasteiger partial charge < -0.3 is 10.1 Å². The average Bonchev–Trinajstić information content (AvgIpc) is 3.15. The van der Waals surface area contributed by atoms with Crippen LogP contribution in [0.3, 0.4) is 0 Å². The van der Waals surface area contributed by atoms with Crippen molar-refractivity contribution in [3.05, 3.63) is 82.7 Å². The first-order chi connectivity index (χ1) is 12.9. The fourth-order valence-electron chi connectivity index (χ4n) is 2.31. The van der Waals surface area contributed by atoms with Crippen molar-refractivity contribution in [1.82, 2.24) is 5.32 Å². The lowest BCUT2D eigenvalue weighted by Crippen LogP contribution is -2.22. The van der Waals surface area contributed by atoms with Crippen LogP contribution in [0.2, 0.25) is 0 Å². The standard InChI is InChI=1S/C19H18N2O4S2/c20-27(23,24)18-11-10-17(26-18)12-21-19(22)15-8-6-14(7-9-15)13-25-16-4-2-1-3-5-16/h1-11H,12-13H2,(H,21,22)(H2,20,23,24). The Morgan fingerprint density at radius 2 is 1.70 bits per heavy atom. The van der Waals surface area contributed by atoms with Gasteiger partial charge in [0.15, 0.2) is 0 Å². The van der Waals surface area contributed by atoms with Crippen molar-refractivity contribution in [2.24, 2.45) is 5.14 Å². The summed E-state index contributed by atoms with van der Waals surface area (Å²) in [4.78, 5) is 12.9. The first kappa shape index (κ1) is 19.1. The quantitative estimate of drug-likeness (QED) is 0.635. The minimum Gasteiger partial charge on any atom is -0.489 e. The van der Waals surface area contributed by atoms with Crippen molar-refractivity contribution in [3.8, 4) is 5.75 Å². The van der Waals surface area contributed by atoms with E-state index >= 15 is 0 Å². The van der Waals surface area contributed by atoms with Crippen LogP contribution in [0, 0.1) is 0 Å². The zero-order valence-electron chi connectivity index (χ0n) is 14.3. The summed E-state index contributed by atoms with van der Waals surface area (Å²) in [7, 11) is -3.71. The molecule has 3 rings (SSSR count). The Kier molecular flexibility index (Phi) is 5.90. The minimum absolute atomic E-state index is 0.0783. The Morgan fingerprint density at radius 3 is 2.33 bits per heavy atom. The van der Waals surface area contributed by atoms with Crippen molar-refractivity contribution < 1.29 is 17.9 Å². The van der Waals surface area contributed by atoms with Crippen LogP contribution in [0.5, 0.6) is 5.75 Å². The third-order valence-corrected chi connectivity index (χ3v) is 6.23. The second-order valence-corrected chi connectivity index (χ2v) is 8.70. The van der Waals surface area contributed by atoms with Crippen molar-refractivity contribution in [2.75, 3.05) is 0 Å². The van der Waals surface area contributed by atoms with Crippen LogP contribution in [0.4, 0.5) is 0 Å². The summed E-state index contributed by atoms with van der Waals surface area (Å²) >= 11 is 1.04. The van der Waals surface area contributed by atoms with E-state index in [4.69, 9.17) is 9.88 Å². The number of para-hydroxylation sites is 1. The number of primary sulfonamides is 1. The average molecular weight is 402 g/mol. The maximum Gasteiger partial charge on any atom is 0.251 e. The molecule has 0 aliphatic rings. The summed E-state index contributed by atoms with van der Waals surface area (Å²) in [6.45, 7) is 0.648. The monoisotopic (exact) mass is 402 g/mol. The largest absolute Gasteiger partial charge is 0.489 e. The van der Waals surface area contributed by atoms with Crippen molar-refractivity contribution in [3.63, 3.8) is 0 Å². The van der Waals surface area contributed by atoms with Crippen LogP contribution in [0.15, 0.2) is 70.9 Å². The fraction of sp³-hybridized carbons (Fsp3) is 0.105. The number of benzene rings is 2. The van der Waals surface area contributed by atoms with Crippen LogP contribution in [0.1, 0.15) is 20.8 Å². The van der Waals surface area contributed by atoms with Gasteiger partial charge in [0.1, 0.15) is 16.6 Å². The molecule has 8 heteroatoms. The number of carbonyl (C=O) groups excluding carboxylic acids is 1. The molecule has 0 saturated carbocycles. The number of nitrogens with two attached hydrogens (primary N) is 1. The van der Waals surface area contributed by atoms with Gasteiger partial charge in [-0.15, -0.1) is 11.3 Å². The number of sulfonamides is 1. The van der Waals surface area contributed by atoms with E-state index in [0.29, 0.717) is 17.0 Å². The molecule has 0 aliphatic heterocycles. The molecular weight excluding hydrogens is 384 g/mol. The Hall–Kier alpha value is -2.68. The maximum absolute atomic E-state index is 12.2. The van der Waals surface area contributed by atoms with E-state index in [1.807, 2.05) is 42.5 Å². The molecule has 0 fully saturated rings. The van der Waals surface area contributed by atoms with Gasteiger partial charge in [0.05, 0.1) is 6.54 Å². The smallest absolute Gasteiger partial charge is 0.251 e. The highest BCUT2D eigenvalue weighted by molar-refractivity contribution is 7.91. The Balaban J connectivity index is 1.53. The molecule has 0 radical (unpaired) electrons. The lowest BCUT2D eigenvalue weighted by Gasteiger charge is -2.07. The molecule has 3 aromatic rings. The van der Waals surface area contributed by atoms with Gasteiger partial charge >= 0.3 is 0 Å². The molecule has 1 aromatic heterocycles. The zero-order valence-corrected chi connectivity index (χ0v) is 15.9. The summed E-state index contributed by atoms with van der Waals surface area (Å²) in [6.07, 6.45) is 0. The molecule has 0 unspecified atom stereocenters. The number of hydrogen-bond acceptors (Lipinski definition) is 5. The molecule has 2 aromatic carbocycles. The molecular formula is C19H18N2O4S2. The molecule has 0 bridgehead atoms. The lowest BCUT2D eigenvalue weighted by atomic mass is 10.1. The van der Waals surface area contributed by atoms with E-state index in [1.54, 1.807) is 18.2 Å². The first-order valence-corrected chi connectivity index (χ1v) is 10.4. The van der Waals surface area contributed by atoms with E-state index in [0.717, 1.165) is 22.6 Å². The van der Waals surface area contributed by atoms with Gasteiger partial charge in [-0.2, -0.15) is 0 Å². The summed E-state index contributed by atoms with van der Waals surface area (Å²) in [5.74, 6) is 0.546. The third kappa shape index (κ3) is 5.40. The molecule has 0 spiro atoms. The van der Waals surface area contributed by atoms with E-state index in [-0.39, 0.29) is 16.7 Å². The highest BCUT2D eigenvalue weighted by Gasteiger charge is 2.12. The van der Waals surface area contributed by atoms with E-state index in [9.17, 15) is 13.2 Å². The Labute approximate surface area is 161 Å². The van der Waals surface area contributed by atoms with Gasteiger partial charge in [-0.05, 0) is 42.0 Å². The molecule has 27 heavy (non-hydrogen) atoms. The normalized spacial score (nSPS) is 11.1. The molecule has 3 N–H and O–H groups in total. The summed E-state index contributed by atoms with van der Waals surface area (Å²) in [5, 5.41) is 7.84. The van der Waals surface area contributed by atoms with Crippen LogP contribution in [-0.2, 0) is 23.2 Å². The topological polar surface area (TPSA) is 98.5 Å². The van der Waals surface area contributed by atoms with Crippen LogP contribution < -0.4 is 15.2 Å². The Bertz CT molecular complexity index is 1010. The second kappa shape index (κ2) is 8.34. The molecule has 0 atom stereocenters. The van der Waals surface area contributed by atoms with Crippen molar-refractivity contribution in [2.45, 2.75) is 17.4 Å². The number of nitrogens with one attached hydrogen (secondary N) is 1. The molecule has 140 valence electrons. The van der Waals surface area contributed by atoms with Crippen LogP contribution in [-0.4, -0.2) is 14.3 Å². The summed E-state index contributed by atoms with van der Waals surface area (Å²) in [5.41, 5.74) is 1.47. The minimum atomic E-state index is -3.71. The van der Waals surface area contributed by atoms with Gasteiger partial charge in [0, 0.05) is 10.4 Å². The molecule has 1 amide bonds. The third-order valence-electron chi connectivity index (χ3n) is 3.71. The SMILES string of the molecule is NS(=O)(=O)c1ccc(CNC(=O)c2ccc(COc3ccccc3)cc2)s1. The molecule has 1 heterocycles. The number of ether oxygens (including phenoxy) is 1. The highest BCUT2D eigenvalue weighted by Crippen LogP contribution is 2.20. The number of rotatable bonds is 7. The second-order valence-electron chi connectivity index (χ2n) is 5.75. The van der Waals surface area contributed by atoms with Gasteiger partial charge in [0.25, 0.3) is 5.91 Å². The number of carbonyl (C=O) groups is 1. The lowest BCUT2D eigenvalue weighted by molar-refractivity contribution is 0.0951. The van der Waals surface area contributed by atoms with Crippen molar-refractivity contribution in [1.29, 1.82) is 0 Å². The number of amides is 1. The molecule has 0 aliphatic carbocycles. The van der Waals surface area contributed by atoms with Gasteiger partial charge in [-0.1, -0.05) is 30.3 Å². The van der Waals surface area contributed by atoms with Crippen molar-refractivity contribution >= 4 is 27.3 Å². The summed E-state index contributed by atoms with van der Waals surface area (Å²) in [6, 6.07) is 19.7. The van der Waals surface area contributed by atoms with Crippen LogP contribution >= 0.6 is 11.3 Å². The highest BCUT2D eigenvalue weighted by atomic mass is 32.2. The van der Waals surface area contributed by atoms with Gasteiger partial charge in [-0.3, -0.25) is 4.79 Å². The van der Waals surface area contributed by atoms with E-state index in [2.05, 4.69) is 5.32 Å². The van der Waals surface area contributed by atoms with Crippen LogP contribution in [0.25, 0.3) is 0 Å². The maximum atomic E-state index is 12.2. The van der Waals surface area contributed by atoms with E-state index < -0.39 is 10.0 Å². The van der Waals surface area contributed by atoms with Gasteiger partial charge in [-0.25, -0.2) is 13.6 Å². The first-order valence-electron chi connectivity index (χ1n) is 8.08.